The van der Waals surface area contributed by atoms with Crippen LogP contribution in [0.4, 0.5) is 5.69 Å². The molecule has 2 saturated heterocycles. The number of fused-ring (bicyclic) bond motifs is 1. The van der Waals surface area contributed by atoms with E-state index in [0.29, 0.717) is 19.5 Å². The van der Waals surface area contributed by atoms with Crippen LogP contribution >= 0.6 is 0 Å². The molecule has 5 nitrogen and oxygen atoms in total. The number of allylic oxidation sites excluding steroid dienone is 2. The number of amides is 2. The second-order valence-corrected chi connectivity index (χ2v) is 8.27. The smallest absolute Gasteiger partial charge is 0.237 e. The van der Waals surface area contributed by atoms with E-state index in [2.05, 4.69) is 36.2 Å². The van der Waals surface area contributed by atoms with Gasteiger partial charge in [0.1, 0.15) is 6.54 Å². The Hall–Kier alpha value is -2.14. The van der Waals surface area contributed by atoms with E-state index in [-0.39, 0.29) is 23.7 Å². The van der Waals surface area contributed by atoms with Crippen LogP contribution in [0.25, 0.3) is 0 Å². The maximum Gasteiger partial charge on any atom is 0.237 e. The zero-order chi connectivity index (χ0) is 18.8. The summed E-state index contributed by atoms with van der Waals surface area (Å²) >= 11 is 0. The Morgan fingerprint density at radius 3 is 2.11 bits per heavy atom. The molecule has 27 heavy (non-hydrogen) atoms. The van der Waals surface area contributed by atoms with Gasteiger partial charge in [-0.15, -0.1) is 0 Å². The summed E-state index contributed by atoms with van der Waals surface area (Å²) in [5, 5.41) is 0. The fourth-order valence-electron chi connectivity index (χ4n) is 4.68. The molecule has 1 aromatic rings. The van der Waals surface area contributed by atoms with E-state index in [1.165, 1.54) is 35.4 Å². The third kappa shape index (κ3) is 3.79. The largest absolute Gasteiger partial charge is 0.372 e. The fraction of sp³-hybridized carbons (Fsp3) is 0.545. The van der Waals surface area contributed by atoms with Crippen molar-refractivity contribution in [3.8, 4) is 0 Å². The summed E-state index contributed by atoms with van der Waals surface area (Å²) in [6.07, 6.45) is 9.40. The molecule has 0 radical (unpaired) electrons. The number of imide groups is 1. The molecule has 1 N–H and O–H groups in total. The van der Waals surface area contributed by atoms with E-state index >= 15 is 0 Å². The van der Waals surface area contributed by atoms with Crippen LogP contribution in [0.1, 0.15) is 37.7 Å². The second-order valence-electron chi connectivity index (χ2n) is 8.27. The van der Waals surface area contributed by atoms with Crippen LogP contribution in [-0.2, 0) is 16.1 Å². The highest BCUT2D eigenvalue weighted by Gasteiger charge is 2.48. The number of likely N-dealkylation sites (tertiary alicyclic amines) is 1. The number of nitrogens with one attached hydrogen (secondary N) is 1. The van der Waals surface area contributed by atoms with Crippen molar-refractivity contribution in [3.63, 3.8) is 0 Å². The average molecular weight is 369 g/mol. The monoisotopic (exact) mass is 368 g/mol. The lowest BCUT2D eigenvalue weighted by molar-refractivity contribution is -0.901. The average Bonchev–Trinajstić information content (AvgIpc) is 2.94. The molecule has 2 aliphatic heterocycles. The summed E-state index contributed by atoms with van der Waals surface area (Å²) in [5.74, 6) is -0.207. The zero-order valence-electron chi connectivity index (χ0n) is 16.2. The molecule has 144 valence electrons. The maximum absolute atomic E-state index is 12.6. The lowest BCUT2D eigenvalue weighted by Crippen LogP contribution is -3.09. The van der Waals surface area contributed by atoms with Gasteiger partial charge in [-0.2, -0.15) is 0 Å². The molecule has 1 aromatic carbocycles. The van der Waals surface area contributed by atoms with Crippen LogP contribution in [0.5, 0.6) is 0 Å². The molecule has 1 aliphatic carbocycles. The first-order chi connectivity index (χ1) is 13.1. The van der Waals surface area contributed by atoms with Crippen LogP contribution < -0.4 is 9.80 Å². The lowest BCUT2D eigenvalue weighted by atomic mass is 9.85. The Labute approximate surface area is 161 Å². The highest BCUT2D eigenvalue weighted by Crippen LogP contribution is 2.34. The first-order valence-corrected chi connectivity index (χ1v) is 10.3. The van der Waals surface area contributed by atoms with Crippen molar-refractivity contribution < 1.29 is 14.5 Å². The van der Waals surface area contributed by atoms with Crippen LogP contribution in [-0.4, -0.2) is 43.5 Å². The van der Waals surface area contributed by atoms with Crippen LogP contribution in [0.15, 0.2) is 36.4 Å². The van der Waals surface area contributed by atoms with E-state index in [1.54, 1.807) is 0 Å². The summed E-state index contributed by atoms with van der Waals surface area (Å²) in [7, 11) is 2.05. The lowest BCUT2D eigenvalue weighted by Gasteiger charge is -2.29. The molecule has 2 heterocycles. The van der Waals surface area contributed by atoms with E-state index in [0.717, 1.165) is 24.5 Å². The van der Waals surface area contributed by atoms with Gasteiger partial charge in [0, 0.05) is 24.3 Å². The molecule has 2 amide bonds. The second kappa shape index (κ2) is 7.85. The predicted octanol–water partition coefficient (Wildman–Crippen LogP) is 1.60. The summed E-state index contributed by atoms with van der Waals surface area (Å²) < 4.78 is 0. The van der Waals surface area contributed by atoms with Gasteiger partial charge < -0.3 is 9.80 Å². The van der Waals surface area contributed by atoms with E-state index in [9.17, 15) is 9.59 Å². The van der Waals surface area contributed by atoms with Gasteiger partial charge in [-0.25, -0.2) is 4.90 Å². The van der Waals surface area contributed by atoms with Gasteiger partial charge in [0.2, 0.25) is 11.8 Å². The number of carbonyl (C=O) groups excluding carboxylic acids is 2. The van der Waals surface area contributed by atoms with E-state index in [4.69, 9.17) is 0 Å². The highest BCUT2D eigenvalue weighted by atomic mass is 16.2. The Kier molecular flexibility index (Phi) is 5.30. The minimum absolute atomic E-state index is 0.0224. The molecule has 4 rings (SSSR count). The predicted molar refractivity (Wildman–Crippen MR) is 105 cm³/mol. The fourth-order valence-corrected chi connectivity index (χ4v) is 4.68. The van der Waals surface area contributed by atoms with Crippen molar-refractivity contribution in [2.24, 2.45) is 11.8 Å². The van der Waals surface area contributed by atoms with E-state index in [1.807, 2.05) is 12.2 Å². The van der Waals surface area contributed by atoms with Crippen molar-refractivity contribution in [2.75, 3.05) is 31.7 Å². The molecule has 2 fully saturated rings. The number of nitrogens with zero attached hydrogens (tertiary/aromatic N) is 2. The van der Waals surface area contributed by atoms with Gasteiger partial charge in [0.15, 0.2) is 6.67 Å². The van der Waals surface area contributed by atoms with Gasteiger partial charge in [0.05, 0.1) is 18.9 Å². The first kappa shape index (κ1) is 18.2. The number of benzene rings is 1. The Balaban J connectivity index is 1.34. The summed E-state index contributed by atoms with van der Waals surface area (Å²) in [6.45, 7) is 3.57. The number of rotatable bonds is 5. The van der Waals surface area contributed by atoms with Crippen LogP contribution in [0.2, 0.25) is 0 Å². The van der Waals surface area contributed by atoms with Crippen molar-refractivity contribution in [3.05, 3.63) is 42.0 Å². The molecule has 0 saturated carbocycles. The SMILES string of the molecule is C[NH+](Cc1ccc(N2CCCCC2)cc1)CN1C(=O)[C@H]2CC=CC[C@@H]2C1=O. The third-order valence-electron chi connectivity index (χ3n) is 6.19. The molecule has 0 aromatic heterocycles. The third-order valence-corrected chi connectivity index (χ3v) is 6.19. The van der Waals surface area contributed by atoms with Crippen molar-refractivity contribution in [2.45, 2.75) is 38.6 Å². The Morgan fingerprint density at radius 2 is 1.52 bits per heavy atom. The molecular weight excluding hydrogens is 338 g/mol. The van der Waals surface area contributed by atoms with Gasteiger partial charge >= 0.3 is 0 Å². The standard InChI is InChI=1S/C22H29N3O2/c1-23(16-25-21(26)19-7-3-4-8-20(19)22(25)27)15-17-9-11-18(12-10-17)24-13-5-2-6-14-24/h3-4,9-12,19-20H,2,5-8,13-16H2,1H3/p+1/t19-,20-/m0/s1. The highest BCUT2D eigenvalue weighted by molar-refractivity contribution is 6.05. The van der Waals surface area contributed by atoms with Crippen molar-refractivity contribution >= 4 is 17.5 Å². The van der Waals surface area contributed by atoms with Crippen molar-refractivity contribution in [1.29, 1.82) is 0 Å². The van der Waals surface area contributed by atoms with Crippen molar-refractivity contribution in [1.82, 2.24) is 4.90 Å². The maximum atomic E-state index is 12.6. The number of hydrogen-bond acceptors (Lipinski definition) is 3. The zero-order valence-corrected chi connectivity index (χ0v) is 16.2. The molecule has 5 heteroatoms. The number of anilines is 1. The van der Waals surface area contributed by atoms with Gasteiger partial charge in [0.25, 0.3) is 0 Å². The number of quaternary nitrogens is 1. The number of hydrogen-bond donors (Lipinski definition) is 1. The molecule has 0 spiro atoms. The van der Waals surface area contributed by atoms with Gasteiger partial charge in [-0.3, -0.25) is 9.59 Å². The van der Waals surface area contributed by atoms with E-state index < -0.39 is 0 Å². The molecule has 0 bridgehead atoms. The molecule has 3 atom stereocenters. The summed E-state index contributed by atoms with van der Waals surface area (Å²) in [6, 6.07) is 8.79. The number of piperidine rings is 1. The number of carbonyl (C=O) groups is 2. The summed E-state index contributed by atoms with van der Waals surface area (Å²) in [5.41, 5.74) is 2.55. The van der Waals surface area contributed by atoms with Gasteiger partial charge in [-0.05, 0) is 44.2 Å². The molecule has 3 aliphatic rings. The Bertz CT molecular complexity index is 696. The Morgan fingerprint density at radius 1 is 0.926 bits per heavy atom. The van der Waals surface area contributed by atoms with Gasteiger partial charge in [-0.1, -0.05) is 24.3 Å². The first-order valence-electron chi connectivity index (χ1n) is 10.3. The molecular formula is C22H30N3O2+. The topological polar surface area (TPSA) is 45.1 Å². The molecule has 1 unspecified atom stereocenters. The minimum Gasteiger partial charge on any atom is -0.372 e. The normalized spacial score (nSPS) is 26.4. The minimum atomic E-state index is -0.126. The van der Waals surface area contributed by atoms with Crippen LogP contribution in [0, 0.1) is 11.8 Å². The summed E-state index contributed by atoms with van der Waals surface area (Å²) in [4.78, 5) is 30.3. The van der Waals surface area contributed by atoms with Crippen LogP contribution in [0.3, 0.4) is 0 Å². The quantitative estimate of drug-likeness (QED) is 0.634.